The van der Waals surface area contributed by atoms with Crippen LogP contribution in [0.4, 0.5) is 5.69 Å². The highest BCUT2D eigenvalue weighted by molar-refractivity contribution is 7.92. The maximum atomic E-state index is 11.3. The fourth-order valence-electron chi connectivity index (χ4n) is 4.44. The van der Waals surface area contributed by atoms with Crippen molar-refractivity contribution in [2.45, 2.75) is 38.5 Å². The highest BCUT2D eigenvalue weighted by Gasteiger charge is 2.21. The van der Waals surface area contributed by atoms with Crippen molar-refractivity contribution >= 4 is 28.1 Å². The second kappa shape index (κ2) is 12.5. The summed E-state index contributed by atoms with van der Waals surface area (Å²) in [6, 6.07) is 11.9. The SMILES string of the molecule is COc1cc2c(cc1OC)CC(CCCN(C)CCc1ccc(NS(C)(=O)=O)cc1)CC2.Cl. The molecule has 0 aliphatic heterocycles. The predicted molar refractivity (Wildman–Crippen MR) is 138 cm³/mol. The second-order valence-corrected chi connectivity index (χ2v) is 10.6. The van der Waals surface area contributed by atoms with Crippen molar-refractivity contribution in [3.8, 4) is 11.5 Å². The van der Waals surface area contributed by atoms with E-state index in [0.29, 0.717) is 5.69 Å². The standard InChI is InChI=1S/C25H36N2O4S.ClH/c1-27(15-13-19-8-11-23(12-9-19)26-32(4,28)29)14-5-6-20-7-10-21-17-24(30-2)25(31-3)18-22(21)16-20;/h8-9,11-12,17-18,20,26H,5-7,10,13-16H2,1-4H3;1H. The number of anilines is 1. The Morgan fingerprint density at radius 2 is 1.67 bits per heavy atom. The molecule has 1 N–H and O–H groups in total. The van der Waals surface area contributed by atoms with Crippen LogP contribution in [0.1, 0.15) is 36.0 Å². The lowest BCUT2D eigenvalue weighted by Crippen LogP contribution is -2.23. The number of fused-ring (bicyclic) bond motifs is 1. The van der Waals surface area contributed by atoms with E-state index >= 15 is 0 Å². The van der Waals surface area contributed by atoms with E-state index in [-0.39, 0.29) is 12.4 Å². The quantitative estimate of drug-likeness (QED) is 0.494. The summed E-state index contributed by atoms with van der Waals surface area (Å²) in [5.41, 5.74) is 4.62. The first-order valence-electron chi connectivity index (χ1n) is 11.3. The van der Waals surface area contributed by atoms with Crippen molar-refractivity contribution in [2.24, 2.45) is 5.92 Å². The normalized spacial score (nSPS) is 15.5. The summed E-state index contributed by atoms with van der Waals surface area (Å²) >= 11 is 0. The van der Waals surface area contributed by atoms with Crippen molar-refractivity contribution in [1.82, 2.24) is 4.90 Å². The topological polar surface area (TPSA) is 67.9 Å². The molecule has 1 atom stereocenters. The molecule has 1 aliphatic carbocycles. The first-order chi connectivity index (χ1) is 15.3. The molecule has 33 heavy (non-hydrogen) atoms. The summed E-state index contributed by atoms with van der Waals surface area (Å²) in [7, 11) is 2.33. The molecule has 0 bridgehead atoms. The van der Waals surface area contributed by atoms with Gasteiger partial charge < -0.3 is 14.4 Å². The summed E-state index contributed by atoms with van der Waals surface area (Å²) in [4.78, 5) is 2.38. The first-order valence-corrected chi connectivity index (χ1v) is 13.2. The Hall–Kier alpha value is -1.96. The van der Waals surface area contributed by atoms with Crippen LogP contribution in [0.3, 0.4) is 0 Å². The van der Waals surface area contributed by atoms with E-state index in [2.05, 4.69) is 28.8 Å². The number of hydrogen-bond acceptors (Lipinski definition) is 5. The van der Waals surface area contributed by atoms with Gasteiger partial charge >= 0.3 is 0 Å². The number of likely N-dealkylation sites (N-methyl/N-ethyl adjacent to an activating group) is 1. The smallest absolute Gasteiger partial charge is 0.229 e. The second-order valence-electron chi connectivity index (χ2n) is 8.85. The van der Waals surface area contributed by atoms with E-state index in [1.807, 2.05) is 24.3 Å². The minimum atomic E-state index is -3.23. The Kier molecular flexibility index (Phi) is 10.3. The van der Waals surface area contributed by atoms with Crippen molar-refractivity contribution in [3.05, 3.63) is 53.1 Å². The number of benzene rings is 2. The Labute approximate surface area is 205 Å². The molecule has 0 amide bonds. The van der Waals surface area contributed by atoms with Crippen LogP contribution in [0.25, 0.3) is 0 Å². The largest absolute Gasteiger partial charge is 0.493 e. The molecule has 6 nitrogen and oxygen atoms in total. The number of halogens is 1. The minimum Gasteiger partial charge on any atom is -0.493 e. The summed E-state index contributed by atoms with van der Waals surface area (Å²) in [5, 5.41) is 0. The van der Waals surface area contributed by atoms with Crippen LogP contribution in [-0.2, 0) is 29.3 Å². The van der Waals surface area contributed by atoms with E-state index < -0.39 is 10.0 Å². The highest BCUT2D eigenvalue weighted by Crippen LogP contribution is 2.36. The zero-order valence-electron chi connectivity index (χ0n) is 20.1. The zero-order chi connectivity index (χ0) is 23.1. The van der Waals surface area contributed by atoms with Crippen molar-refractivity contribution in [2.75, 3.05) is 45.3 Å². The number of methoxy groups -OCH3 is 2. The average molecular weight is 497 g/mol. The van der Waals surface area contributed by atoms with Crippen molar-refractivity contribution in [1.29, 1.82) is 0 Å². The van der Waals surface area contributed by atoms with E-state index in [4.69, 9.17) is 9.47 Å². The third-order valence-corrected chi connectivity index (χ3v) is 6.83. The van der Waals surface area contributed by atoms with Gasteiger partial charge in [-0.1, -0.05) is 12.1 Å². The predicted octanol–water partition coefficient (Wildman–Crippen LogP) is 4.56. The Morgan fingerprint density at radius 3 is 2.27 bits per heavy atom. The third-order valence-electron chi connectivity index (χ3n) is 6.23. The molecule has 1 unspecified atom stereocenters. The van der Waals surface area contributed by atoms with Crippen LogP contribution in [0.5, 0.6) is 11.5 Å². The molecule has 8 heteroatoms. The van der Waals surface area contributed by atoms with Gasteiger partial charge in [0.1, 0.15) is 0 Å². The Morgan fingerprint density at radius 1 is 1.03 bits per heavy atom. The lowest BCUT2D eigenvalue weighted by molar-refractivity contribution is 0.307. The van der Waals surface area contributed by atoms with Crippen molar-refractivity contribution in [3.63, 3.8) is 0 Å². The number of hydrogen-bond donors (Lipinski definition) is 1. The summed E-state index contributed by atoms with van der Waals surface area (Å²) in [6.45, 7) is 2.08. The molecular formula is C25H37ClN2O4S. The monoisotopic (exact) mass is 496 g/mol. The molecule has 0 heterocycles. The molecule has 184 valence electrons. The molecule has 0 radical (unpaired) electrons. The summed E-state index contributed by atoms with van der Waals surface area (Å²) in [5.74, 6) is 2.38. The van der Waals surface area contributed by atoms with Crippen LogP contribution < -0.4 is 14.2 Å². The zero-order valence-corrected chi connectivity index (χ0v) is 21.7. The first kappa shape index (κ1) is 27.3. The van der Waals surface area contributed by atoms with Gasteiger partial charge in [0.05, 0.1) is 20.5 Å². The molecule has 2 aromatic rings. The van der Waals surface area contributed by atoms with Gasteiger partial charge in [0, 0.05) is 12.2 Å². The Bertz CT molecular complexity index is 996. The number of aryl methyl sites for hydroxylation is 1. The van der Waals surface area contributed by atoms with Crippen LogP contribution in [0.2, 0.25) is 0 Å². The van der Waals surface area contributed by atoms with E-state index in [0.717, 1.165) is 56.0 Å². The molecule has 0 spiro atoms. The van der Waals surface area contributed by atoms with Gasteiger partial charge in [0.2, 0.25) is 10.0 Å². The van der Waals surface area contributed by atoms with Gasteiger partial charge in [0.15, 0.2) is 11.5 Å². The van der Waals surface area contributed by atoms with Gasteiger partial charge in [0.25, 0.3) is 0 Å². The molecule has 0 aromatic heterocycles. The minimum absolute atomic E-state index is 0. The number of nitrogens with zero attached hydrogens (tertiary/aromatic N) is 1. The third kappa shape index (κ3) is 8.40. The molecule has 1 aliphatic rings. The summed E-state index contributed by atoms with van der Waals surface area (Å²) < 4.78 is 36.0. The van der Waals surface area contributed by atoms with E-state index in [1.54, 1.807) is 14.2 Å². The fourth-order valence-corrected chi connectivity index (χ4v) is 5.00. The van der Waals surface area contributed by atoms with E-state index in [1.165, 1.54) is 36.0 Å². The van der Waals surface area contributed by atoms with E-state index in [9.17, 15) is 8.42 Å². The van der Waals surface area contributed by atoms with Crippen LogP contribution in [0.15, 0.2) is 36.4 Å². The lowest BCUT2D eigenvalue weighted by atomic mass is 9.81. The Balaban J connectivity index is 0.00000385. The van der Waals surface area contributed by atoms with Gasteiger partial charge in [-0.2, -0.15) is 0 Å². The van der Waals surface area contributed by atoms with Crippen LogP contribution in [0, 0.1) is 5.92 Å². The maximum Gasteiger partial charge on any atom is 0.229 e. The molecule has 0 saturated heterocycles. The molecule has 3 rings (SSSR count). The van der Waals surface area contributed by atoms with Crippen LogP contribution in [-0.4, -0.2) is 53.9 Å². The van der Waals surface area contributed by atoms with Gasteiger partial charge in [-0.3, -0.25) is 4.72 Å². The molecule has 0 fully saturated rings. The number of ether oxygens (including phenoxy) is 2. The molecular weight excluding hydrogens is 460 g/mol. The molecule has 0 saturated carbocycles. The number of sulfonamides is 1. The average Bonchev–Trinajstić information content (AvgIpc) is 2.76. The number of rotatable bonds is 11. The van der Waals surface area contributed by atoms with Gasteiger partial charge in [-0.25, -0.2) is 8.42 Å². The van der Waals surface area contributed by atoms with Gasteiger partial charge in [-0.05, 0) is 99.0 Å². The molecule has 2 aromatic carbocycles. The van der Waals surface area contributed by atoms with Crippen molar-refractivity contribution < 1.29 is 17.9 Å². The van der Waals surface area contributed by atoms with Gasteiger partial charge in [-0.15, -0.1) is 12.4 Å². The summed E-state index contributed by atoms with van der Waals surface area (Å²) in [6.07, 6.45) is 8.02. The highest BCUT2D eigenvalue weighted by atomic mass is 35.5. The fraction of sp³-hybridized carbons (Fsp3) is 0.520. The number of nitrogens with one attached hydrogen (secondary N) is 1. The van der Waals surface area contributed by atoms with Crippen LogP contribution >= 0.6 is 12.4 Å². The maximum absolute atomic E-state index is 11.3. The lowest BCUT2D eigenvalue weighted by Gasteiger charge is -2.26.